The molecule has 0 atom stereocenters. The fourth-order valence-corrected chi connectivity index (χ4v) is 1.00. The monoisotopic (exact) mass is 198 g/mol. The zero-order valence-corrected chi connectivity index (χ0v) is 7.37. The zero-order valence-electron chi connectivity index (χ0n) is 5.80. The van der Waals surface area contributed by atoms with E-state index in [1.807, 2.05) is 6.07 Å². The number of H-pyrrole nitrogens is 1. The van der Waals surface area contributed by atoms with Crippen LogP contribution in [0.2, 0.25) is 0 Å². The molecular formula is C7H3ClN2OS. The van der Waals surface area contributed by atoms with Crippen molar-refractivity contribution in [1.29, 1.82) is 5.26 Å². The first-order valence-corrected chi connectivity index (χ1v) is 3.76. The van der Waals surface area contributed by atoms with Crippen LogP contribution in [0.1, 0.15) is 16.1 Å². The fraction of sp³-hybridized carbons (Fsp3) is 0. The van der Waals surface area contributed by atoms with Gasteiger partial charge >= 0.3 is 0 Å². The molecule has 12 heavy (non-hydrogen) atoms. The number of nitrogens with zero attached hydrogens (tertiary/aromatic N) is 1. The quantitative estimate of drug-likeness (QED) is 0.555. The summed E-state index contributed by atoms with van der Waals surface area (Å²) >= 11 is 9.98. The smallest absolute Gasteiger partial charge is 0.268 e. The normalized spacial score (nSPS) is 9.00. The number of hydrogen-bond acceptors (Lipinski definition) is 3. The molecule has 5 heteroatoms. The van der Waals surface area contributed by atoms with Gasteiger partial charge in [-0.3, -0.25) is 4.79 Å². The minimum absolute atomic E-state index is 0.195. The Hall–Kier alpha value is -1.18. The highest BCUT2D eigenvalue weighted by Gasteiger charge is 2.02. The predicted molar refractivity (Wildman–Crippen MR) is 46.5 cm³/mol. The Balaban J connectivity index is 3.31. The minimum atomic E-state index is -0.620. The SMILES string of the molecule is N#Cc1c[nH]c(C(=O)Cl)cc1=S. The van der Waals surface area contributed by atoms with Gasteiger partial charge in [0.2, 0.25) is 0 Å². The van der Waals surface area contributed by atoms with E-state index >= 15 is 0 Å². The minimum Gasteiger partial charge on any atom is -0.356 e. The van der Waals surface area contributed by atoms with Crippen molar-refractivity contribution in [2.45, 2.75) is 0 Å². The van der Waals surface area contributed by atoms with Gasteiger partial charge in [0.1, 0.15) is 6.07 Å². The summed E-state index contributed by atoms with van der Waals surface area (Å²) in [6.45, 7) is 0. The number of halogens is 1. The molecular weight excluding hydrogens is 196 g/mol. The van der Waals surface area contributed by atoms with Crippen molar-refractivity contribution < 1.29 is 4.79 Å². The number of rotatable bonds is 1. The Labute approximate surface area is 78.6 Å². The topological polar surface area (TPSA) is 56.6 Å². The lowest BCUT2D eigenvalue weighted by Crippen LogP contribution is -1.94. The number of hydrogen-bond donors (Lipinski definition) is 1. The van der Waals surface area contributed by atoms with E-state index in [4.69, 9.17) is 29.1 Å². The molecule has 3 nitrogen and oxygen atoms in total. The Kier molecular flexibility index (Phi) is 2.58. The standard InChI is InChI=1S/C7H3ClN2OS/c8-7(11)5-1-6(12)4(2-9)3-10-5/h1,3H,(H,10,12). The Bertz CT molecular complexity index is 418. The Morgan fingerprint density at radius 3 is 2.83 bits per heavy atom. The van der Waals surface area contributed by atoms with Crippen LogP contribution >= 0.6 is 23.8 Å². The molecule has 60 valence electrons. The predicted octanol–water partition coefficient (Wildman–Crippen LogP) is 1.99. The third-order valence-corrected chi connectivity index (χ3v) is 1.79. The van der Waals surface area contributed by atoms with Gasteiger partial charge in [0.25, 0.3) is 5.24 Å². The van der Waals surface area contributed by atoms with Gasteiger partial charge in [-0.05, 0) is 17.7 Å². The molecule has 0 aliphatic carbocycles. The summed E-state index contributed by atoms with van der Waals surface area (Å²) in [7, 11) is 0. The number of nitriles is 1. The van der Waals surface area contributed by atoms with E-state index in [1.165, 1.54) is 12.3 Å². The van der Waals surface area contributed by atoms with E-state index in [-0.39, 0.29) is 5.69 Å². The highest BCUT2D eigenvalue weighted by molar-refractivity contribution is 7.71. The van der Waals surface area contributed by atoms with Crippen molar-refractivity contribution in [2.75, 3.05) is 0 Å². The molecule has 1 N–H and O–H groups in total. The third-order valence-electron chi connectivity index (χ3n) is 1.25. The van der Waals surface area contributed by atoms with E-state index in [2.05, 4.69) is 4.98 Å². The zero-order chi connectivity index (χ0) is 9.14. The van der Waals surface area contributed by atoms with E-state index in [0.29, 0.717) is 10.1 Å². The maximum Gasteiger partial charge on any atom is 0.268 e. The summed E-state index contributed by atoms with van der Waals surface area (Å²) in [5.41, 5.74) is 0.521. The molecule has 0 bridgehead atoms. The summed E-state index contributed by atoms with van der Waals surface area (Å²) in [6, 6.07) is 3.24. The van der Waals surface area contributed by atoms with E-state index in [1.54, 1.807) is 0 Å². The summed E-state index contributed by atoms with van der Waals surface area (Å²) in [5.74, 6) is 0. The molecule has 0 aliphatic heterocycles. The molecule has 0 aliphatic rings. The molecule has 0 saturated carbocycles. The third kappa shape index (κ3) is 1.70. The Morgan fingerprint density at radius 2 is 2.42 bits per heavy atom. The highest BCUT2D eigenvalue weighted by Crippen LogP contribution is 2.04. The van der Waals surface area contributed by atoms with Crippen molar-refractivity contribution in [3.05, 3.63) is 28.0 Å². The molecule has 1 rings (SSSR count). The van der Waals surface area contributed by atoms with Crippen molar-refractivity contribution in [3.8, 4) is 6.07 Å². The molecule has 0 fully saturated rings. The van der Waals surface area contributed by atoms with Crippen LogP contribution in [0.5, 0.6) is 0 Å². The van der Waals surface area contributed by atoms with E-state index in [0.717, 1.165) is 0 Å². The lowest BCUT2D eigenvalue weighted by Gasteiger charge is -1.93. The van der Waals surface area contributed by atoms with Gasteiger partial charge in [-0.15, -0.1) is 0 Å². The largest absolute Gasteiger partial charge is 0.356 e. The van der Waals surface area contributed by atoms with Gasteiger partial charge in [-0.25, -0.2) is 0 Å². The summed E-state index contributed by atoms with van der Waals surface area (Å²) < 4.78 is 0.320. The average molecular weight is 199 g/mol. The van der Waals surface area contributed by atoms with Gasteiger partial charge in [0.05, 0.1) is 15.8 Å². The molecule has 1 heterocycles. The molecule has 0 spiro atoms. The number of carbonyl (C=O) groups is 1. The maximum absolute atomic E-state index is 10.6. The molecule has 0 radical (unpaired) electrons. The summed E-state index contributed by atoms with van der Waals surface area (Å²) in [5, 5.41) is 7.87. The van der Waals surface area contributed by atoms with Crippen molar-refractivity contribution >= 4 is 29.1 Å². The van der Waals surface area contributed by atoms with Crippen LogP contribution in [0.4, 0.5) is 0 Å². The second-order valence-corrected chi connectivity index (χ2v) is 2.79. The maximum atomic E-state index is 10.6. The lowest BCUT2D eigenvalue weighted by molar-refractivity contribution is 0.107. The second-order valence-electron chi connectivity index (χ2n) is 2.01. The molecule has 0 saturated heterocycles. The molecule has 1 aromatic rings. The number of nitrogens with one attached hydrogen (secondary N) is 1. The van der Waals surface area contributed by atoms with E-state index < -0.39 is 5.24 Å². The van der Waals surface area contributed by atoms with Crippen LogP contribution in [0.15, 0.2) is 12.3 Å². The van der Waals surface area contributed by atoms with Crippen LogP contribution in [0.25, 0.3) is 0 Å². The van der Waals surface area contributed by atoms with Crippen LogP contribution in [0.3, 0.4) is 0 Å². The van der Waals surface area contributed by atoms with E-state index in [9.17, 15) is 4.79 Å². The van der Waals surface area contributed by atoms with Crippen LogP contribution < -0.4 is 0 Å². The van der Waals surface area contributed by atoms with Crippen LogP contribution in [-0.4, -0.2) is 10.2 Å². The summed E-state index contributed by atoms with van der Waals surface area (Å²) in [6.07, 6.45) is 1.36. The first-order valence-electron chi connectivity index (χ1n) is 2.98. The lowest BCUT2D eigenvalue weighted by atomic mass is 10.3. The molecule has 0 aromatic carbocycles. The van der Waals surface area contributed by atoms with Gasteiger partial charge in [-0.2, -0.15) is 5.26 Å². The number of pyridine rings is 1. The van der Waals surface area contributed by atoms with Crippen molar-refractivity contribution in [2.24, 2.45) is 0 Å². The highest BCUT2D eigenvalue weighted by atomic mass is 35.5. The van der Waals surface area contributed by atoms with Crippen molar-refractivity contribution in [1.82, 2.24) is 4.98 Å². The molecule has 0 unspecified atom stereocenters. The fourth-order valence-electron chi connectivity index (χ4n) is 0.672. The second kappa shape index (κ2) is 3.48. The van der Waals surface area contributed by atoms with Crippen LogP contribution in [0, 0.1) is 15.8 Å². The number of carbonyl (C=O) groups excluding carboxylic acids is 1. The van der Waals surface area contributed by atoms with Gasteiger partial charge in [0.15, 0.2) is 0 Å². The van der Waals surface area contributed by atoms with Crippen LogP contribution in [-0.2, 0) is 0 Å². The molecule has 0 amide bonds. The molecule has 1 aromatic heterocycles. The van der Waals surface area contributed by atoms with Gasteiger partial charge < -0.3 is 4.98 Å². The Morgan fingerprint density at radius 1 is 1.75 bits per heavy atom. The first-order chi connectivity index (χ1) is 5.65. The summed E-state index contributed by atoms with van der Waals surface area (Å²) in [4.78, 5) is 13.2. The van der Waals surface area contributed by atoms with Gasteiger partial charge in [0, 0.05) is 6.20 Å². The average Bonchev–Trinajstić information content (AvgIpc) is 2.04. The van der Waals surface area contributed by atoms with Gasteiger partial charge in [-0.1, -0.05) is 12.2 Å². The number of aromatic nitrogens is 1. The van der Waals surface area contributed by atoms with Crippen molar-refractivity contribution in [3.63, 3.8) is 0 Å². The number of aromatic amines is 1. The first kappa shape index (κ1) is 8.91.